The first kappa shape index (κ1) is 7.18. The molecule has 3 nitrogen and oxygen atoms in total. The second-order valence-corrected chi connectivity index (χ2v) is 2.78. The standard InChI is InChI=1S/C5H10O3S/c1-2-5-3-4-7-9(6)8-5/h5H,2-4H2,1H3. The number of hydrogen-bond acceptors (Lipinski definition) is 3. The van der Waals surface area contributed by atoms with Crippen molar-refractivity contribution < 1.29 is 12.6 Å². The lowest BCUT2D eigenvalue weighted by molar-refractivity contribution is 0.110. The van der Waals surface area contributed by atoms with Gasteiger partial charge in [-0.25, -0.2) is 0 Å². The molecular formula is C5H10O3S. The van der Waals surface area contributed by atoms with Gasteiger partial charge in [0.2, 0.25) is 0 Å². The maximum atomic E-state index is 10.5. The second kappa shape index (κ2) is 3.29. The predicted molar refractivity (Wildman–Crippen MR) is 33.9 cm³/mol. The molecule has 0 aromatic rings. The van der Waals surface area contributed by atoms with Gasteiger partial charge in [0.15, 0.2) is 0 Å². The number of rotatable bonds is 1. The summed E-state index contributed by atoms with van der Waals surface area (Å²) in [5.41, 5.74) is 0. The molecule has 54 valence electrons. The molecule has 0 saturated carbocycles. The molecule has 0 amide bonds. The maximum Gasteiger partial charge on any atom is 0.304 e. The number of hydrogen-bond donors (Lipinski definition) is 0. The van der Waals surface area contributed by atoms with Gasteiger partial charge in [0.1, 0.15) is 0 Å². The molecule has 1 aliphatic rings. The molecule has 0 aliphatic carbocycles. The van der Waals surface area contributed by atoms with Crippen LogP contribution in [0.3, 0.4) is 0 Å². The van der Waals surface area contributed by atoms with Crippen molar-refractivity contribution in [2.45, 2.75) is 25.9 Å². The zero-order valence-electron chi connectivity index (χ0n) is 5.33. The van der Waals surface area contributed by atoms with Gasteiger partial charge in [-0.3, -0.25) is 8.37 Å². The highest BCUT2D eigenvalue weighted by Crippen LogP contribution is 2.12. The van der Waals surface area contributed by atoms with Gasteiger partial charge >= 0.3 is 11.4 Å². The van der Waals surface area contributed by atoms with E-state index in [1.165, 1.54) is 0 Å². The fourth-order valence-electron chi connectivity index (χ4n) is 0.707. The summed E-state index contributed by atoms with van der Waals surface area (Å²) in [6.45, 7) is 2.57. The minimum atomic E-state index is -1.47. The Morgan fingerprint density at radius 2 is 2.56 bits per heavy atom. The average Bonchev–Trinajstić information content (AvgIpc) is 1.88. The monoisotopic (exact) mass is 150 g/mol. The largest absolute Gasteiger partial charge is 0.304 e. The second-order valence-electron chi connectivity index (χ2n) is 1.94. The highest BCUT2D eigenvalue weighted by atomic mass is 32.2. The van der Waals surface area contributed by atoms with E-state index in [-0.39, 0.29) is 6.10 Å². The van der Waals surface area contributed by atoms with Gasteiger partial charge in [0.05, 0.1) is 12.7 Å². The topological polar surface area (TPSA) is 35.5 Å². The molecule has 1 fully saturated rings. The van der Waals surface area contributed by atoms with Crippen molar-refractivity contribution in [2.75, 3.05) is 6.61 Å². The maximum absolute atomic E-state index is 10.5. The normalized spacial score (nSPS) is 36.6. The molecule has 0 aromatic heterocycles. The van der Waals surface area contributed by atoms with Crippen LogP contribution in [0.4, 0.5) is 0 Å². The summed E-state index contributed by atoms with van der Waals surface area (Å²) in [5.74, 6) is 0. The van der Waals surface area contributed by atoms with Crippen molar-refractivity contribution in [3.63, 3.8) is 0 Å². The molecule has 2 unspecified atom stereocenters. The minimum Gasteiger partial charge on any atom is -0.268 e. The molecule has 1 rings (SSSR count). The van der Waals surface area contributed by atoms with Crippen molar-refractivity contribution in [1.29, 1.82) is 0 Å². The van der Waals surface area contributed by atoms with Crippen molar-refractivity contribution in [2.24, 2.45) is 0 Å². The Morgan fingerprint density at radius 1 is 1.78 bits per heavy atom. The fraction of sp³-hybridized carbons (Fsp3) is 1.00. The SMILES string of the molecule is CCC1CCOS(=O)O1. The molecule has 1 aliphatic heterocycles. The van der Waals surface area contributed by atoms with E-state index in [1.54, 1.807) is 0 Å². The Bertz CT molecular complexity index is 115. The Balaban J connectivity index is 2.32. The molecule has 0 N–H and O–H groups in total. The van der Waals surface area contributed by atoms with Crippen molar-refractivity contribution in [3.8, 4) is 0 Å². The summed E-state index contributed by atoms with van der Waals surface area (Å²) in [6.07, 6.45) is 1.91. The summed E-state index contributed by atoms with van der Waals surface area (Å²) in [6, 6.07) is 0. The highest BCUT2D eigenvalue weighted by Gasteiger charge is 2.17. The Labute approximate surface area is 57.2 Å². The molecule has 0 aromatic carbocycles. The molecule has 1 saturated heterocycles. The van der Waals surface area contributed by atoms with E-state index < -0.39 is 11.4 Å². The van der Waals surface area contributed by atoms with Gasteiger partial charge in [-0.15, -0.1) is 0 Å². The van der Waals surface area contributed by atoms with Gasteiger partial charge in [-0.05, 0) is 12.8 Å². The summed E-state index contributed by atoms with van der Waals surface area (Å²) < 4.78 is 20.0. The van der Waals surface area contributed by atoms with E-state index in [0.29, 0.717) is 6.61 Å². The molecule has 4 heteroatoms. The smallest absolute Gasteiger partial charge is 0.268 e. The molecule has 2 atom stereocenters. The van der Waals surface area contributed by atoms with Crippen molar-refractivity contribution in [1.82, 2.24) is 0 Å². The van der Waals surface area contributed by atoms with Gasteiger partial charge in [0.25, 0.3) is 0 Å². The zero-order chi connectivity index (χ0) is 6.69. The van der Waals surface area contributed by atoms with Gasteiger partial charge in [0, 0.05) is 0 Å². The highest BCUT2D eigenvalue weighted by molar-refractivity contribution is 7.75. The van der Waals surface area contributed by atoms with Crippen LogP contribution in [0.1, 0.15) is 19.8 Å². The van der Waals surface area contributed by atoms with Gasteiger partial charge in [-0.1, -0.05) is 6.92 Å². The summed E-state index contributed by atoms with van der Waals surface area (Å²) >= 11 is -1.47. The van der Waals surface area contributed by atoms with Crippen molar-refractivity contribution >= 4 is 11.4 Å². The van der Waals surface area contributed by atoms with E-state index in [0.717, 1.165) is 12.8 Å². The summed E-state index contributed by atoms with van der Waals surface area (Å²) in [4.78, 5) is 0. The Morgan fingerprint density at radius 3 is 3.00 bits per heavy atom. The fourth-order valence-corrected chi connectivity index (χ4v) is 1.45. The minimum absolute atomic E-state index is 0.139. The van der Waals surface area contributed by atoms with E-state index in [2.05, 4.69) is 4.18 Å². The van der Waals surface area contributed by atoms with E-state index >= 15 is 0 Å². The molecular weight excluding hydrogens is 140 g/mol. The quantitative estimate of drug-likeness (QED) is 0.554. The lowest BCUT2D eigenvalue weighted by Crippen LogP contribution is -2.23. The third-order valence-electron chi connectivity index (χ3n) is 1.29. The molecule has 0 spiro atoms. The van der Waals surface area contributed by atoms with Crippen LogP contribution in [0.2, 0.25) is 0 Å². The molecule has 0 radical (unpaired) electrons. The van der Waals surface area contributed by atoms with Crippen LogP contribution in [0.25, 0.3) is 0 Å². The van der Waals surface area contributed by atoms with E-state index in [4.69, 9.17) is 4.18 Å². The summed E-state index contributed by atoms with van der Waals surface area (Å²) in [5, 5.41) is 0. The first-order chi connectivity index (χ1) is 4.33. The van der Waals surface area contributed by atoms with Crippen LogP contribution in [-0.2, 0) is 19.7 Å². The summed E-state index contributed by atoms with van der Waals surface area (Å²) in [7, 11) is 0. The molecule has 1 heterocycles. The Kier molecular flexibility index (Phi) is 2.63. The van der Waals surface area contributed by atoms with E-state index in [9.17, 15) is 4.21 Å². The van der Waals surface area contributed by atoms with Crippen molar-refractivity contribution in [3.05, 3.63) is 0 Å². The van der Waals surface area contributed by atoms with Crippen LogP contribution < -0.4 is 0 Å². The first-order valence-corrected chi connectivity index (χ1v) is 4.05. The Hall–Kier alpha value is 0.0700. The average molecular weight is 150 g/mol. The third-order valence-corrected chi connectivity index (χ3v) is 2.08. The predicted octanol–water partition coefficient (Wildman–Crippen LogP) is 0.781. The zero-order valence-corrected chi connectivity index (χ0v) is 6.15. The van der Waals surface area contributed by atoms with Crippen LogP contribution in [0, 0.1) is 0 Å². The van der Waals surface area contributed by atoms with Gasteiger partial charge < -0.3 is 0 Å². The lowest BCUT2D eigenvalue weighted by Gasteiger charge is -2.18. The molecule has 0 bridgehead atoms. The molecule has 9 heavy (non-hydrogen) atoms. The van der Waals surface area contributed by atoms with E-state index in [1.807, 2.05) is 6.92 Å². The van der Waals surface area contributed by atoms with Crippen LogP contribution in [0.5, 0.6) is 0 Å². The third kappa shape index (κ3) is 2.04. The van der Waals surface area contributed by atoms with Crippen LogP contribution >= 0.6 is 0 Å². The lowest BCUT2D eigenvalue weighted by atomic mass is 10.2. The van der Waals surface area contributed by atoms with Crippen LogP contribution in [0.15, 0.2) is 0 Å². The van der Waals surface area contributed by atoms with Crippen LogP contribution in [-0.4, -0.2) is 16.9 Å². The first-order valence-electron chi connectivity index (χ1n) is 3.05. The van der Waals surface area contributed by atoms with Gasteiger partial charge in [-0.2, -0.15) is 4.21 Å².